The van der Waals surface area contributed by atoms with E-state index in [-0.39, 0.29) is 0 Å². The molecule has 0 radical (unpaired) electrons. The molecule has 2 nitrogen and oxygen atoms in total. The van der Waals surface area contributed by atoms with Gasteiger partial charge in [0.1, 0.15) is 6.10 Å². The van der Waals surface area contributed by atoms with E-state index < -0.39 is 6.10 Å². The lowest BCUT2D eigenvalue weighted by molar-refractivity contribution is 0.0333. The lowest BCUT2D eigenvalue weighted by Crippen LogP contribution is -2.10. The van der Waals surface area contributed by atoms with Gasteiger partial charge in [-0.3, -0.25) is 0 Å². The largest absolute Gasteiger partial charge is 0.386 e. The van der Waals surface area contributed by atoms with Crippen molar-refractivity contribution in [1.82, 2.24) is 0 Å². The number of aliphatic hydroxyl groups excluding tert-OH is 1. The molecule has 0 amide bonds. The molecular formula is C15H22O2. The van der Waals surface area contributed by atoms with Crippen LogP contribution in [0.2, 0.25) is 0 Å². The van der Waals surface area contributed by atoms with Crippen LogP contribution in [-0.2, 0) is 4.74 Å². The molecular weight excluding hydrogens is 212 g/mol. The van der Waals surface area contributed by atoms with Gasteiger partial charge in [0.05, 0.1) is 6.61 Å². The fraction of sp³-hybridized carbons (Fsp3) is 0.600. The minimum atomic E-state index is -0.492. The highest BCUT2D eigenvalue weighted by Crippen LogP contribution is 2.32. The van der Waals surface area contributed by atoms with Gasteiger partial charge in [0, 0.05) is 6.61 Å². The maximum absolute atomic E-state index is 10.1. The normalized spacial score (nSPS) is 17.1. The van der Waals surface area contributed by atoms with Crippen molar-refractivity contribution >= 4 is 0 Å². The molecule has 0 heterocycles. The van der Waals surface area contributed by atoms with Crippen LogP contribution in [0, 0.1) is 19.8 Å². The predicted octanol–water partition coefficient (Wildman–Crippen LogP) is 3.15. The summed E-state index contributed by atoms with van der Waals surface area (Å²) >= 11 is 0. The Kier molecular flexibility index (Phi) is 4.19. The highest BCUT2D eigenvalue weighted by atomic mass is 16.5. The lowest BCUT2D eigenvalue weighted by atomic mass is 10.0. The summed E-state index contributed by atoms with van der Waals surface area (Å²) in [4.78, 5) is 0. The molecule has 1 aliphatic carbocycles. The fourth-order valence-corrected chi connectivity index (χ4v) is 2.06. The SMILES string of the molecule is Cc1ccc(C)c(C(O)COCCC2CC2)c1. The minimum absolute atomic E-state index is 0.414. The molecule has 17 heavy (non-hydrogen) atoms. The van der Waals surface area contributed by atoms with Crippen molar-refractivity contribution < 1.29 is 9.84 Å². The third-order valence-corrected chi connectivity index (χ3v) is 3.44. The Morgan fingerprint density at radius 3 is 2.82 bits per heavy atom. The molecule has 1 aliphatic rings. The van der Waals surface area contributed by atoms with E-state index in [2.05, 4.69) is 12.1 Å². The van der Waals surface area contributed by atoms with Crippen LogP contribution in [0.25, 0.3) is 0 Å². The molecule has 0 aliphatic heterocycles. The van der Waals surface area contributed by atoms with E-state index in [1.54, 1.807) is 0 Å². The van der Waals surface area contributed by atoms with Gasteiger partial charge in [-0.2, -0.15) is 0 Å². The van der Waals surface area contributed by atoms with E-state index in [0.29, 0.717) is 6.61 Å². The third kappa shape index (κ3) is 3.83. The first-order chi connectivity index (χ1) is 8.16. The highest BCUT2D eigenvalue weighted by molar-refractivity contribution is 5.32. The molecule has 0 aromatic heterocycles. The van der Waals surface area contributed by atoms with Crippen LogP contribution < -0.4 is 0 Å². The Balaban J connectivity index is 1.80. The van der Waals surface area contributed by atoms with Crippen molar-refractivity contribution in [3.05, 3.63) is 34.9 Å². The molecule has 2 heteroatoms. The molecule has 1 saturated carbocycles. The average molecular weight is 234 g/mol. The van der Waals surface area contributed by atoms with Gasteiger partial charge >= 0.3 is 0 Å². The summed E-state index contributed by atoms with van der Waals surface area (Å²) < 4.78 is 5.55. The number of benzene rings is 1. The Labute approximate surface area is 104 Å². The van der Waals surface area contributed by atoms with Gasteiger partial charge in [-0.05, 0) is 37.3 Å². The van der Waals surface area contributed by atoms with Crippen LogP contribution in [0.15, 0.2) is 18.2 Å². The van der Waals surface area contributed by atoms with Crippen LogP contribution in [-0.4, -0.2) is 18.3 Å². The number of aryl methyl sites for hydroxylation is 2. The molecule has 0 bridgehead atoms. The second kappa shape index (κ2) is 5.65. The molecule has 1 aromatic rings. The van der Waals surface area contributed by atoms with Crippen LogP contribution in [0.4, 0.5) is 0 Å². The summed E-state index contributed by atoms with van der Waals surface area (Å²) in [7, 11) is 0. The summed E-state index contributed by atoms with van der Waals surface area (Å²) in [5.41, 5.74) is 3.31. The molecule has 0 spiro atoms. The Morgan fingerprint density at radius 2 is 2.12 bits per heavy atom. The number of rotatable bonds is 6. The second-order valence-corrected chi connectivity index (χ2v) is 5.18. The monoisotopic (exact) mass is 234 g/mol. The van der Waals surface area contributed by atoms with Crippen molar-refractivity contribution in [2.75, 3.05) is 13.2 Å². The molecule has 1 unspecified atom stereocenters. The van der Waals surface area contributed by atoms with Crippen molar-refractivity contribution in [2.45, 2.75) is 39.2 Å². The van der Waals surface area contributed by atoms with Gasteiger partial charge in [0.15, 0.2) is 0 Å². The zero-order valence-corrected chi connectivity index (χ0v) is 10.8. The van der Waals surface area contributed by atoms with Gasteiger partial charge in [-0.15, -0.1) is 0 Å². The molecule has 0 saturated heterocycles. The van der Waals surface area contributed by atoms with E-state index in [1.807, 2.05) is 19.9 Å². The quantitative estimate of drug-likeness (QED) is 0.766. The second-order valence-electron chi connectivity index (χ2n) is 5.18. The van der Waals surface area contributed by atoms with E-state index >= 15 is 0 Å². The number of ether oxygens (including phenoxy) is 1. The summed E-state index contributed by atoms with van der Waals surface area (Å²) in [6.07, 6.45) is 3.39. The van der Waals surface area contributed by atoms with Crippen LogP contribution in [0.5, 0.6) is 0 Å². The van der Waals surface area contributed by atoms with Crippen molar-refractivity contribution in [3.8, 4) is 0 Å². The minimum Gasteiger partial charge on any atom is -0.386 e. The Morgan fingerprint density at radius 1 is 1.35 bits per heavy atom. The number of hydrogen-bond donors (Lipinski definition) is 1. The van der Waals surface area contributed by atoms with Gasteiger partial charge in [0.2, 0.25) is 0 Å². The first-order valence-electron chi connectivity index (χ1n) is 6.50. The zero-order valence-electron chi connectivity index (χ0n) is 10.8. The smallest absolute Gasteiger partial charge is 0.103 e. The highest BCUT2D eigenvalue weighted by Gasteiger charge is 2.20. The molecule has 1 fully saturated rings. The van der Waals surface area contributed by atoms with Crippen LogP contribution >= 0.6 is 0 Å². The first-order valence-corrected chi connectivity index (χ1v) is 6.50. The van der Waals surface area contributed by atoms with E-state index in [0.717, 1.165) is 30.1 Å². The van der Waals surface area contributed by atoms with Crippen LogP contribution in [0.3, 0.4) is 0 Å². The van der Waals surface area contributed by atoms with E-state index in [1.165, 1.54) is 18.4 Å². The summed E-state index contributed by atoms with van der Waals surface area (Å²) in [5.74, 6) is 0.896. The van der Waals surface area contributed by atoms with Gasteiger partial charge in [0.25, 0.3) is 0 Å². The lowest BCUT2D eigenvalue weighted by Gasteiger charge is -2.14. The first kappa shape index (κ1) is 12.6. The van der Waals surface area contributed by atoms with Crippen LogP contribution in [0.1, 0.15) is 42.1 Å². The Bertz CT molecular complexity index is 369. The third-order valence-electron chi connectivity index (χ3n) is 3.44. The maximum Gasteiger partial charge on any atom is 0.103 e. The van der Waals surface area contributed by atoms with Gasteiger partial charge in [-0.25, -0.2) is 0 Å². The molecule has 2 rings (SSSR count). The van der Waals surface area contributed by atoms with Crippen molar-refractivity contribution in [1.29, 1.82) is 0 Å². The van der Waals surface area contributed by atoms with Crippen molar-refractivity contribution in [2.24, 2.45) is 5.92 Å². The molecule has 1 N–H and O–H groups in total. The molecule has 94 valence electrons. The number of aliphatic hydroxyl groups is 1. The number of hydrogen-bond acceptors (Lipinski definition) is 2. The summed E-state index contributed by atoms with van der Waals surface area (Å²) in [5, 5.41) is 10.1. The van der Waals surface area contributed by atoms with E-state index in [9.17, 15) is 5.11 Å². The maximum atomic E-state index is 10.1. The molecule has 1 atom stereocenters. The topological polar surface area (TPSA) is 29.5 Å². The zero-order chi connectivity index (χ0) is 12.3. The average Bonchev–Trinajstić information content (AvgIpc) is 3.11. The van der Waals surface area contributed by atoms with Crippen molar-refractivity contribution in [3.63, 3.8) is 0 Å². The summed E-state index contributed by atoms with van der Waals surface area (Å²) in [6.45, 7) is 5.27. The Hall–Kier alpha value is -0.860. The molecule has 1 aromatic carbocycles. The predicted molar refractivity (Wildman–Crippen MR) is 69.0 cm³/mol. The van der Waals surface area contributed by atoms with Gasteiger partial charge < -0.3 is 9.84 Å². The standard InChI is InChI=1S/C15H22O2/c1-11-3-4-12(2)14(9-11)15(16)10-17-8-7-13-5-6-13/h3-4,9,13,15-16H,5-8,10H2,1-2H3. The summed E-state index contributed by atoms with van der Waals surface area (Å²) in [6, 6.07) is 6.17. The van der Waals surface area contributed by atoms with E-state index in [4.69, 9.17) is 4.74 Å². The fourth-order valence-electron chi connectivity index (χ4n) is 2.06. The van der Waals surface area contributed by atoms with Gasteiger partial charge in [-0.1, -0.05) is 36.6 Å².